The van der Waals surface area contributed by atoms with Crippen LogP contribution in [0.15, 0.2) is 36.5 Å². The van der Waals surface area contributed by atoms with Gasteiger partial charge >= 0.3 is 0 Å². The first-order valence-electron chi connectivity index (χ1n) is 10.8. The maximum Gasteiger partial charge on any atom is 0.231 e. The molecule has 2 atom stereocenters. The van der Waals surface area contributed by atoms with E-state index in [1.54, 1.807) is 6.20 Å². The highest BCUT2D eigenvalue weighted by Crippen LogP contribution is 2.40. The number of rotatable bonds is 5. The van der Waals surface area contributed by atoms with Crippen LogP contribution in [-0.4, -0.2) is 35.7 Å². The summed E-state index contributed by atoms with van der Waals surface area (Å²) in [5.41, 5.74) is 1.56. The van der Waals surface area contributed by atoms with E-state index in [4.69, 9.17) is 21.1 Å². The van der Waals surface area contributed by atoms with Crippen LogP contribution in [0.3, 0.4) is 0 Å². The van der Waals surface area contributed by atoms with Crippen molar-refractivity contribution < 1.29 is 14.3 Å². The van der Waals surface area contributed by atoms with Gasteiger partial charge in [-0.25, -0.2) is 0 Å². The Morgan fingerprint density at radius 1 is 1.32 bits per heavy atom. The lowest BCUT2D eigenvalue weighted by molar-refractivity contribution is -0.130. The second kappa shape index (κ2) is 9.05. The fourth-order valence-corrected chi connectivity index (χ4v) is 4.52. The maximum absolute atomic E-state index is 12.8. The molecule has 6 nitrogen and oxygen atoms in total. The van der Waals surface area contributed by atoms with Gasteiger partial charge in [0.25, 0.3) is 0 Å². The predicted molar refractivity (Wildman–Crippen MR) is 120 cm³/mol. The Morgan fingerprint density at radius 2 is 2.16 bits per heavy atom. The Balaban J connectivity index is 1.51. The molecule has 1 fully saturated rings. The van der Waals surface area contributed by atoms with E-state index in [9.17, 15) is 4.79 Å². The fraction of sp³-hybridized carbons (Fsp3) is 0.500. The number of hydrogen-bond acceptors (Lipinski definition) is 5. The molecule has 1 aromatic heterocycles. The Bertz CT molecular complexity index is 930. The van der Waals surface area contributed by atoms with Crippen LogP contribution in [0, 0.1) is 11.3 Å². The minimum Gasteiger partial charge on any atom is -0.454 e. The van der Waals surface area contributed by atoms with Crippen LogP contribution in [0.5, 0.6) is 11.5 Å². The second-order valence-electron chi connectivity index (χ2n) is 9.40. The van der Waals surface area contributed by atoms with E-state index in [1.165, 1.54) is 0 Å². The Hall–Kier alpha value is -2.31. The summed E-state index contributed by atoms with van der Waals surface area (Å²) in [5, 5.41) is 3.87. The lowest BCUT2D eigenvalue weighted by atomic mass is 9.86. The summed E-state index contributed by atoms with van der Waals surface area (Å²) in [6, 6.07) is 9.74. The Morgan fingerprint density at radius 3 is 2.90 bits per heavy atom. The van der Waals surface area contributed by atoms with Crippen LogP contribution < -0.4 is 14.8 Å². The molecule has 4 rings (SSSR count). The number of nitrogens with one attached hydrogen (secondary N) is 1. The van der Waals surface area contributed by atoms with Crippen molar-refractivity contribution in [2.45, 2.75) is 46.2 Å². The molecule has 7 heteroatoms. The number of ether oxygens (including phenoxy) is 2. The van der Waals surface area contributed by atoms with E-state index in [1.807, 2.05) is 51.1 Å². The number of nitrogens with zero attached hydrogens (tertiary/aromatic N) is 2. The molecule has 1 saturated heterocycles. The van der Waals surface area contributed by atoms with Crippen molar-refractivity contribution in [1.82, 2.24) is 15.2 Å². The van der Waals surface area contributed by atoms with Crippen LogP contribution in [0.2, 0.25) is 5.02 Å². The highest BCUT2D eigenvalue weighted by Gasteiger charge is 2.33. The predicted octanol–water partition coefficient (Wildman–Crippen LogP) is 4.58. The molecule has 0 bridgehead atoms. The van der Waals surface area contributed by atoms with Gasteiger partial charge < -0.3 is 14.8 Å². The van der Waals surface area contributed by atoms with Gasteiger partial charge in [-0.1, -0.05) is 38.4 Å². The van der Waals surface area contributed by atoms with E-state index in [-0.39, 0.29) is 24.7 Å². The largest absolute Gasteiger partial charge is 0.454 e. The van der Waals surface area contributed by atoms with Gasteiger partial charge in [0.2, 0.25) is 12.7 Å². The van der Waals surface area contributed by atoms with Gasteiger partial charge in [0.1, 0.15) is 0 Å². The van der Waals surface area contributed by atoms with Crippen LogP contribution in [0.4, 0.5) is 0 Å². The van der Waals surface area contributed by atoms with Gasteiger partial charge in [-0.15, -0.1) is 0 Å². The maximum atomic E-state index is 12.8. The molecule has 2 aliphatic rings. The lowest BCUT2D eigenvalue weighted by Crippen LogP contribution is -2.45. The van der Waals surface area contributed by atoms with E-state index >= 15 is 0 Å². The lowest BCUT2D eigenvalue weighted by Gasteiger charge is -2.38. The summed E-state index contributed by atoms with van der Waals surface area (Å²) in [4.78, 5) is 19.8. The molecule has 0 aliphatic carbocycles. The molecule has 2 unspecified atom stereocenters. The molecule has 31 heavy (non-hydrogen) atoms. The minimum absolute atomic E-state index is 0.0443. The van der Waals surface area contributed by atoms with E-state index in [0.29, 0.717) is 16.5 Å². The number of carbonyl (C=O) groups is 1. The molecule has 0 saturated carbocycles. The van der Waals surface area contributed by atoms with Gasteiger partial charge in [-0.05, 0) is 55.1 Å². The van der Waals surface area contributed by atoms with Crippen molar-refractivity contribution in [3.63, 3.8) is 0 Å². The molecule has 1 aromatic carbocycles. The highest BCUT2D eigenvalue weighted by molar-refractivity contribution is 6.32. The number of benzene rings is 1. The molecule has 1 N–H and O–H groups in total. The average molecular weight is 444 g/mol. The molecule has 0 radical (unpaired) electrons. The zero-order valence-corrected chi connectivity index (χ0v) is 19.1. The van der Waals surface area contributed by atoms with Gasteiger partial charge in [0, 0.05) is 24.7 Å². The van der Waals surface area contributed by atoms with Crippen LogP contribution in [0.1, 0.15) is 50.9 Å². The summed E-state index contributed by atoms with van der Waals surface area (Å²) in [6.45, 7) is 8.68. The summed E-state index contributed by atoms with van der Waals surface area (Å²) < 4.78 is 10.9. The zero-order chi connectivity index (χ0) is 22.0. The summed E-state index contributed by atoms with van der Waals surface area (Å²) in [6.07, 6.45) is 3.91. The molecule has 1 amide bonds. The molecule has 0 spiro atoms. The standard InChI is InChI=1S/C24H30ClN3O3/c1-24(2,3)23(29)27-21(19-8-4-5-9-26-19)17-7-6-10-28(14-17)13-16-11-18(25)22-20(12-16)30-15-31-22/h4-5,8-9,11-12,17,21H,6-7,10,13-15H2,1-3H3,(H,27,29). The highest BCUT2D eigenvalue weighted by atomic mass is 35.5. The van der Waals surface area contributed by atoms with Gasteiger partial charge in [-0.3, -0.25) is 14.7 Å². The van der Waals surface area contributed by atoms with Crippen molar-refractivity contribution in [3.05, 3.63) is 52.8 Å². The molecule has 3 heterocycles. The number of amides is 1. The molecule has 2 aromatic rings. The fourth-order valence-electron chi connectivity index (χ4n) is 4.23. The van der Waals surface area contributed by atoms with Crippen molar-refractivity contribution in [2.24, 2.45) is 11.3 Å². The van der Waals surface area contributed by atoms with Gasteiger partial charge in [0.15, 0.2) is 11.5 Å². The Kier molecular flexibility index (Phi) is 6.39. The van der Waals surface area contributed by atoms with Crippen molar-refractivity contribution in [1.29, 1.82) is 0 Å². The van der Waals surface area contributed by atoms with Crippen molar-refractivity contribution in [2.75, 3.05) is 19.9 Å². The number of carbonyl (C=O) groups excluding carboxylic acids is 1. The minimum atomic E-state index is -0.454. The topological polar surface area (TPSA) is 63.7 Å². The number of hydrogen-bond donors (Lipinski definition) is 1. The van der Waals surface area contributed by atoms with Crippen LogP contribution in [-0.2, 0) is 11.3 Å². The first-order valence-corrected chi connectivity index (χ1v) is 11.2. The molecule has 166 valence electrons. The average Bonchev–Trinajstić information content (AvgIpc) is 3.21. The quantitative estimate of drug-likeness (QED) is 0.732. The van der Waals surface area contributed by atoms with E-state index < -0.39 is 5.41 Å². The number of pyridine rings is 1. The third kappa shape index (κ3) is 5.13. The molecular weight excluding hydrogens is 414 g/mol. The van der Waals surface area contributed by atoms with Crippen molar-refractivity contribution in [3.8, 4) is 11.5 Å². The second-order valence-corrected chi connectivity index (χ2v) is 9.81. The number of aromatic nitrogens is 1. The van der Waals surface area contributed by atoms with Gasteiger partial charge in [0.05, 0.1) is 16.8 Å². The molecular formula is C24H30ClN3O3. The molecule has 2 aliphatic heterocycles. The number of halogens is 1. The van der Waals surface area contributed by atoms with E-state index in [0.717, 1.165) is 43.7 Å². The summed E-state index contributed by atoms with van der Waals surface area (Å²) >= 11 is 6.37. The third-order valence-electron chi connectivity index (χ3n) is 5.88. The first-order chi connectivity index (χ1) is 14.8. The monoisotopic (exact) mass is 443 g/mol. The SMILES string of the molecule is CC(C)(C)C(=O)NC(c1ccccn1)C1CCCN(Cc2cc(Cl)c3c(c2)OCO3)C1. The number of fused-ring (bicyclic) bond motifs is 1. The number of likely N-dealkylation sites (tertiary alicyclic amines) is 1. The Labute approximate surface area is 188 Å². The zero-order valence-electron chi connectivity index (χ0n) is 18.4. The smallest absolute Gasteiger partial charge is 0.231 e. The first kappa shape index (κ1) is 21.9. The van der Waals surface area contributed by atoms with Crippen LogP contribution >= 0.6 is 11.6 Å². The van der Waals surface area contributed by atoms with Crippen LogP contribution in [0.25, 0.3) is 0 Å². The third-order valence-corrected chi connectivity index (χ3v) is 6.16. The van der Waals surface area contributed by atoms with Crippen molar-refractivity contribution >= 4 is 17.5 Å². The number of piperidine rings is 1. The van der Waals surface area contributed by atoms with E-state index in [2.05, 4.69) is 15.2 Å². The summed E-state index contributed by atoms with van der Waals surface area (Å²) in [7, 11) is 0. The summed E-state index contributed by atoms with van der Waals surface area (Å²) in [5.74, 6) is 1.66. The van der Waals surface area contributed by atoms with Gasteiger partial charge in [-0.2, -0.15) is 0 Å². The normalized spacial score (nSPS) is 19.8.